The highest BCUT2D eigenvalue weighted by Crippen LogP contribution is 2.22. The predicted octanol–water partition coefficient (Wildman–Crippen LogP) is 0.258. The molecule has 8 heteroatoms. The van der Waals surface area contributed by atoms with Crippen LogP contribution in [0, 0.1) is 6.92 Å². The number of likely N-dealkylation sites (N-methyl/N-ethyl adjacent to an activating group) is 1. The molecule has 0 fully saturated rings. The molecule has 0 bridgehead atoms. The molecular formula is C16H22N6O2. The van der Waals surface area contributed by atoms with Gasteiger partial charge < -0.3 is 19.4 Å². The number of rotatable bonds is 3. The van der Waals surface area contributed by atoms with Gasteiger partial charge in [0, 0.05) is 26.0 Å². The Bertz CT molecular complexity index is 791. The van der Waals surface area contributed by atoms with Crippen LogP contribution in [0.4, 0.5) is 0 Å². The Labute approximate surface area is 140 Å². The van der Waals surface area contributed by atoms with Crippen molar-refractivity contribution in [3.63, 3.8) is 0 Å². The first kappa shape index (κ1) is 16.2. The molecule has 1 aliphatic heterocycles. The molecule has 1 unspecified atom stereocenters. The lowest BCUT2D eigenvalue weighted by Crippen LogP contribution is -2.53. The number of hydrogen-bond donors (Lipinski definition) is 1. The first-order valence-electron chi connectivity index (χ1n) is 8.03. The van der Waals surface area contributed by atoms with Gasteiger partial charge >= 0.3 is 0 Å². The second-order valence-corrected chi connectivity index (χ2v) is 5.98. The normalized spacial score (nSPS) is 16.8. The predicted molar refractivity (Wildman–Crippen MR) is 87.3 cm³/mol. The van der Waals surface area contributed by atoms with Crippen LogP contribution >= 0.6 is 0 Å². The average molecular weight is 330 g/mol. The largest absolute Gasteiger partial charge is 0.357 e. The van der Waals surface area contributed by atoms with E-state index in [0.717, 1.165) is 17.9 Å². The minimum absolute atomic E-state index is 0.145. The number of carbonyl (C=O) groups is 2. The zero-order valence-electron chi connectivity index (χ0n) is 14.4. The third kappa shape index (κ3) is 2.47. The molecule has 0 saturated carbocycles. The van der Waals surface area contributed by atoms with Crippen LogP contribution in [0.15, 0.2) is 12.3 Å². The van der Waals surface area contributed by atoms with Crippen molar-refractivity contribution in [3.8, 4) is 0 Å². The summed E-state index contributed by atoms with van der Waals surface area (Å²) in [6.45, 7) is 4.50. The molecule has 0 aliphatic carbocycles. The van der Waals surface area contributed by atoms with Crippen molar-refractivity contribution >= 4 is 11.8 Å². The Morgan fingerprint density at radius 3 is 2.79 bits per heavy atom. The maximum Gasteiger partial charge on any atom is 0.256 e. The number of carbonyl (C=O) groups excluding carboxylic acids is 2. The van der Waals surface area contributed by atoms with Crippen molar-refractivity contribution < 1.29 is 9.59 Å². The molecule has 1 aliphatic rings. The Balaban J connectivity index is 2.00. The van der Waals surface area contributed by atoms with Gasteiger partial charge in [0.25, 0.3) is 5.91 Å². The van der Waals surface area contributed by atoms with E-state index >= 15 is 0 Å². The summed E-state index contributed by atoms with van der Waals surface area (Å²) < 4.78 is 3.84. The Kier molecular flexibility index (Phi) is 4.13. The monoisotopic (exact) mass is 330 g/mol. The van der Waals surface area contributed by atoms with Crippen LogP contribution in [0.3, 0.4) is 0 Å². The fraction of sp³-hybridized carbons (Fsp3) is 0.500. The third-order valence-electron chi connectivity index (χ3n) is 4.63. The van der Waals surface area contributed by atoms with Gasteiger partial charge in [0.05, 0.1) is 18.7 Å². The van der Waals surface area contributed by atoms with Gasteiger partial charge in [-0.25, -0.2) is 0 Å². The number of aromatic nitrogens is 4. The van der Waals surface area contributed by atoms with Crippen LogP contribution in [-0.4, -0.2) is 49.1 Å². The summed E-state index contributed by atoms with van der Waals surface area (Å²) in [5, 5.41) is 10.8. The first-order valence-corrected chi connectivity index (χ1v) is 8.03. The number of nitrogens with zero attached hydrogens (tertiary/aromatic N) is 5. The smallest absolute Gasteiger partial charge is 0.256 e. The number of aryl methyl sites for hydroxylation is 2. The van der Waals surface area contributed by atoms with Gasteiger partial charge in [0.1, 0.15) is 11.9 Å². The van der Waals surface area contributed by atoms with E-state index in [-0.39, 0.29) is 18.4 Å². The zero-order chi connectivity index (χ0) is 17.4. The van der Waals surface area contributed by atoms with E-state index in [1.807, 2.05) is 42.3 Å². The van der Waals surface area contributed by atoms with Crippen LogP contribution in [0.5, 0.6) is 0 Å². The van der Waals surface area contributed by atoms with Crippen LogP contribution in [-0.2, 0) is 31.4 Å². The highest BCUT2D eigenvalue weighted by molar-refractivity contribution is 5.98. The van der Waals surface area contributed by atoms with E-state index in [9.17, 15) is 9.59 Å². The Hall–Kier alpha value is -2.64. The number of nitrogens with one attached hydrogen (secondary N) is 1. The first-order chi connectivity index (χ1) is 11.5. The maximum atomic E-state index is 13.1. The standard InChI is InChI=1S/C16H22N6O2/c1-5-12-11(6-7-20(12)4)16(24)22-9-14-19-18-10(2)21(14)8-13(22)15(23)17-3/h6-7,13H,5,8-9H2,1-4H3,(H,17,23). The molecule has 2 amide bonds. The summed E-state index contributed by atoms with van der Waals surface area (Å²) in [4.78, 5) is 27.1. The van der Waals surface area contributed by atoms with Crippen LogP contribution in [0.1, 0.15) is 34.6 Å². The van der Waals surface area contributed by atoms with Crippen LogP contribution in [0.2, 0.25) is 0 Å². The van der Waals surface area contributed by atoms with E-state index in [1.165, 1.54) is 0 Å². The third-order valence-corrected chi connectivity index (χ3v) is 4.63. The van der Waals surface area contributed by atoms with Gasteiger partial charge in [0.15, 0.2) is 5.82 Å². The van der Waals surface area contributed by atoms with Gasteiger partial charge in [-0.05, 0) is 19.4 Å². The quantitative estimate of drug-likeness (QED) is 0.875. The highest BCUT2D eigenvalue weighted by Gasteiger charge is 2.37. The Morgan fingerprint density at radius 1 is 1.38 bits per heavy atom. The van der Waals surface area contributed by atoms with Crippen molar-refractivity contribution in [2.75, 3.05) is 7.05 Å². The van der Waals surface area contributed by atoms with Crippen LogP contribution in [0.25, 0.3) is 0 Å². The minimum atomic E-state index is -0.574. The number of fused-ring (bicyclic) bond motifs is 1. The molecule has 3 rings (SSSR count). The minimum Gasteiger partial charge on any atom is -0.357 e. The molecule has 0 spiro atoms. The van der Waals surface area contributed by atoms with Crippen LogP contribution < -0.4 is 5.32 Å². The lowest BCUT2D eigenvalue weighted by Gasteiger charge is -2.35. The van der Waals surface area contributed by atoms with Crippen molar-refractivity contribution in [3.05, 3.63) is 35.2 Å². The van der Waals surface area contributed by atoms with E-state index in [1.54, 1.807) is 11.9 Å². The summed E-state index contributed by atoms with van der Waals surface area (Å²) in [7, 11) is 3.50. The van der Waals surface area contributed by atoms with E-state index in [0.29, 0.717) is 17.9 Å². The second-order valence-electron chi connectivity index (χ2n) is 5.98. The van der Waals surface area contributed by atoms with E-state index < -0.39 is 6.04 Å². The average Bonchev–Trinajstić information content (AvgIpc) is 3.15. The summed E-state index contributed by atoms with van der Waals surface area (Å²) in [6.07, 6.45) is 2.62. The SMILES string of the molecule is CCc1c(C(=O)N2Cc3nnc(C)n3CC2C(=O)NC)ccn1C. The summed E-state index contributed by atoms with van der Waals surface area (Å²) >= 11 is 0. The summed E-state index contributed by atoms with van der Waals surface area (Å²) in [6, 6.07) is 1.24. The van der Waals surface area contributed by atoms with Crippen molar-refractivity contribution in [2.45, 2.75) is 39.4 Å². The Morgan fingerprint density at radius 2 is 2.12 bits per heavy atom. The lowest BCUT2D eigenvalue weighted by molar-refractivity contribution is -0.126. The fourth-order valence-corrected chi connectivity index (χ4v) is 3.27. The molecule has 0 saturated heterocycles. The topological polar surface area (TPSA) is 85.1 Å². The van der Waals surface area contributed by atoms with E-state index in [2.05, 4.69) is 15.5 Å². The fourth-order valence-electron chi connectivity index (χ4n) is 3.27. The molecule has 8 nitrogen and oxygen atoms in total. The van der Waals surface area contributed by atoms with E-state index in [4.69, 9.17) is 0 Å². The summed E-state index contributed by atoms with van der Waals surface area (Å²) in [5.74, 6) is 1.12. The molecule has 128 valence electrons. The summed E-state index contributed by atoms with van der Waals surface area (Å²) in [5.41, 5.74) is 1.59. The molecule has 0 aromatic carbocycles. The van der Waals surface area contributed by atoms with Gasteiger partial charge in [-0.2, -0.15) is 0 Å². The van der Waals surface area contributed by atoms with Gasteiger partial charge in [-0.15, -0.1) is 10.2 Å². The van der Waals surface area contributed by atoms with Crippen molar-refractivity contribution in [2.24, 2.45) is 7.05 Å². The second kappa shape index (κ2) is 6.10. The molecule has 1 atom stereocenters. The highest BCUT2D eigenvalue weighted by atomic mass is 16.2. The maximum absolute atomic E-state index is 13.1. The molecule has 24 heavy (non-hydrogen) atoms. The number of hydrogen-bond acceptors (Lipinski definition) is 4. The lowest BCUT2D eigenvalue weighted by atomic mass is 10.1. The van der Waals surface area contributed by atoms with Crippen molar-refractivity contribution in [1.29, 1.82) is 0 Å². The van der Waals surface area contributed by atoms with Crippen molar-refractivity contribution in [1.82, 2.24) is 29.5 Å². The molecule has 2 aromatic heterocycles. The van der Waals surface area contributed by atoms with Gasteiger partial charge in [0.2, 0.25) is 5.91 Å². The van der Waals surface area contributed by atoms with Gasteiger partial charge in [-0.3, -0.25) is 9.59 Å². The molecular weight excluding hydrogens is 308 g/mol. The molecule has 0 radical (unpaired) electrons. The zero-order valence-corrected chi connectivity index (χ0v) is 14.4. The molecule has 2 aromatic rings. The van der Waals surface area contributed by atoms with Gasteiger partial charge in [-0.1, -0.05) is 6.92 Å². The molecule has 1 N–H and O–H groups in total. The molecule has 3 heterocycles. The number of amides is 2.